The highest BCUT2D eigenvalue weighted by Gasteiger charge is 2.50. The zero-order chi connectivity index (χ0) is 14.4. The van der Waals surface area contributed by atoms with Crippen molar-refractivity contribution < 1.29 is 14.3 Å². The Kier molecular flexibility index (Phi) is 2.96. The molecular weight excluding hydrogens is 244 g/mol. The lowest BCUT2D eigenvalue weighted by Gasteiger charge is -2.34. The fraction of sp³-hybridized carbons (Fsp3) is 0.571. The molecule has 0 saturated heterocycles. The van der Waals surface area contributed by atoms with E-state index in [1.54, 1.807) is 20.8 Å². The van der Waals surface area contributed by atoms with Crippen LogP contribution in [0.15, 0.2) is 23.8 Å². The second-order valence-corrected chi connectivity index (χ2v) is 6.35. The van der Waals surface area contributed by atoms with Gasteiger partial charge in [-0.1, -0.05) is 25.2 Å². The monoisotopic (exact) mass is 264 g/mol. The van der Waals surface area contributed by atoms with Crippen LogP contribution in [0.4, 0.5) is 4.79 Å². The van der Waals surface area contributed by atoms with Crippen molar-refractivity contribution in [2.45, 2.75) is 39.3 Å². The van der Waals surface area contributed by atoms with Crippen molar-refractivity contribution in [2.75, 3.05) is 0 Å². The molecule has 3 N–H and O–H groups in total. The van der Waals surface area contributed by atoms with Crippen molar-refractivity contribution in [2.24, 2.45) is 17.1 Å². The number of amides is 2. The third kappa shape index (κ3) is 2.50. The second kappa shape index (κ2) is 4.11. The molecule has 0 aliphatic heterocycles. The molecule has 0 saturated carbocycles. The molecule has 2 aliphatic carbocycles. The Morgan fingerprint density at radius 3 is 2.58 bits per heavy atom. The molecular formula is C14H20N2O3. The standard InChI is InChI=1S/C14H20N2O3/c1-13(2,3)19-12(18)16-10-9(11(15)17)8-5-6-14(10,4)7-8/h5-7,9-10H,1-4H3,(H2,15,17)(H,16,18)/t9?,10?,14-/m1/s1. The number of carbonyl (C=O) groups excluding carboxylic acids is 2. The van der Waals surface area contributed by atoms with Gasteiger partial charge in [0.2, 0.25) is 5.91 Å². The van der Waals surface area contributed by atoms with Gasteiger partial charge in [0.1, 0.15) is 5.60 Å². The normalized spacial score (nSPS) is 32.1. The van der Waals surface area contributed by atoms with E-state index in [1.807, 2.05) is 25.2 Å². The van der Waals surface area contributed by atoms with Gasteiger partial charge in [0.05, 0.1) is 12.0 Å². The van der Waals surface area contributed by atoms with Crippen LogP contribution in [0.5, 0.6) is 0 Å². The SMILES string of the molecule is CC(C)(C)OC(=O)NC1C(C(N)=O)C2=C[C@@]1(C)C=C2. The molecule has 0 aromatic heterocycles. The van der Waals surface area contributed by atoms with E-state index < -0.39 is 23.5 Å². The van der Waals surface area contributed by atoms with Gasteiger partial charge < -0.3 is 15.8 Å². The fourth-order valence-corrected chi connectivity index (χ4v) is 2.67. The van der Waals surface area contributed by atoms with Crippen molar-refractivity contribution in [3.05, 3.63) is 23.8 Å². The number of ether oxygens (including phenoxy) is 1. The summed E-state index contributed by atoms with van der Waals surface area (Å²) in [6.07, 6.45) is 5.32. The lowest BCUT2D eigenvalue weighted by atomic mass is 9.78. The van der Waals surface area contributed by atoms with E-state index in [1.165, 1.54) is 0 Å². The van der Waals surface area contributed by atoms with Crippen LogP contribution >= 0.6 is 0 Å². The molecule has 2 aliphatic rings. The number of primary amides is 1. The third-order valence-corrected chi connectivity index (χ3v) is 3.45. The van der Waals surface area contributed by atoms with Crippen LogP contribution in [0.1, 0.15) is 27.7 Å². The van der Waals surface area contributed by atoms with Crippen LogP contribution in [0, 0.1) is 11.3 Å². The van der Waals surface area contributed by atoms with Gasteiger partial charge in [-0.15, -0.1) is 0 Å². The first-order valence-electron chi connectivity index (χ1n) is 6.33. The Labute approximate surface area is 112 Å². The molecule has 19 heavy (non-hydrogen) atoms. The molecule has 0 fully saturated rings. The summed E-state index contributed by atoms with van der Waals surface area (Å²) in [4.78, 5) is 23.4. The summed E-state index contributed by atoms with van der Waals surface area (Å²) in [7, 11) is 0. The fourth-order valence-electron chi connectivity index (χ4n) is 2.67. The average molecular weight is 264 g/mol. The highest BCUT2D eigenvalue weighted by Crippen LogP contribution is 2.46. The Hall–Kier alpha value is -1.78. The number of nitrogens with one attached hydrogen (secondary N) is 1. The van der Waals surface area contributed by atoms with Gasteiger partial charge in [0, 0.05) is 5.41 Å². The molecule has 3 atom stereocenters. The maximum absolute atomic E-state index is 11.9. The summed E-state index contributed by atoms with van der Waals surface area (Å²) < 4.78 is 5.23. The van der Waals surface area contributed by atoms with Crippen LogP contribution in [0.3, 0.4) is 0 Å². The van der Waals surface area contributed by atoms with Gasteiger partial charge in [-0.25, -0.2) is 4.79 Å². The number of rotatable bonds is 2. The number of nitrogens with two attached hydrogens (primary N) is 1. The zero-order valence-electron chi connectivity index (χ0n) is 11.7. The molecule has 0 radical (unpaired) electrons. The summed E-state index contributed by atoms with van der Waals surface area (Å²) in [6.45, 7) is 7.34. The summed E-state index contributed by atoms with van der Waals surface area (Å²) >= 11 is 0. The van der Waals surface area contributed by atoms with Crippen LogP contribution in [-0.2, 0) is 9.53 Å². The molecule has 0 aromatic carbocycles. The van der Waals surface area contributed by atoms with Gasteiger partial charge in [-0.05, 0) is 26.3 Å². The summed E-state index contributed by atoms with van der Waals surface area (Å²) in [5.41, 5.74) is 5.36. The number of alkyl carbamates (subject to hydrolysis) is 1. The van der Waals surface area contributed by atoms with Crippen LogP contribution in [-0.4, -0.2) is 23.6 Å². The summed E-state index contributed by atoms with van der Waals surface area (Å²) in [5, 5.41) is 2.77. The maximum Gasteiger partial charge on any atom is 0.407 e. The topological polar surface area (TPSA) is 81.4 Å². The molecule has 0 heterocycles. The largest absolute Gasteiger partial charge is 0.444 e. The van der Waals surface area contributed by atoms with Crippen molar-refractivity contribution in [1.29, 1.82) is 0 Å². The van der Waals surface area contributed by atoms with Crippen LogP contribution < -0.4 is 11.1 Å². The quantitative estimate of drug-likeness (QED) is 0.793. The number of allylic oxidation sites excluding steroid dienone is 1. The Bertz CT molecular complexity index is 487. The first-order chi connectivity index (χ1) is 8.62. The smallest absolute Gasteiger partial charge is 0.407 e. The van der Waals surface area contributed by atoms with Gasteiger partial charge in [-0.3, -0.25) is 4.79 Å². The molecule has 2 bridgehead atoms. The number of carbonyl (C=O) groups is 2. The van der Waals surface area contributed by atoms with E-state index in [0.29, 0.717) is 0 Å². The van der Waals surface area contributed by atoms with Gasteiger partial charge in [0.15, 0.2) is 0 Å². The average Bonchev–Trinajstić information content (AvgIpc) is 2.68. The Morgan fingerprint density at radius 1 is 1.42 bits per heavy atom. The number of hydrogen-bond donors (Lipinski definition) is 2. The molecule has 2 unspecified atom stereocenters. The van der Waals surface area contributed by atoms with E-state index >= 15 is 0 Å². The molecule has 2 rings (SSSR count). The van der Waals surface area contributed by atoms with E-state index in [2.05, 4.69) is 5.32 Å². The minimum Gasteiger partial charge on any atom is -0.444 e. The zero-order valence-corrected chi connectivity index (χ0v) is 11.7. The highest BCUT2D eigenvalue weighted by molar-refractivity contribution is 5.85. The second-order valence-electron chi connectivity index (χ2n) is 6.35. The van der Waals surface area contributed by atoms with Crippen molar-refractivity contribution in [1.82, 2.24) is 5.32 Å². The maximum atomic E-state index is 11.9. The van der Waals surface area contributed by atoms with Crippen LogP contribution in [0.2, 0.25) is 0 Å². The van der Waals surface area contributed by atoms with Gasteiger partial charge in [-0.2, -0.15) is 0 Å². The van der Waals surface area contributed by atoms with E-state index in [-0.39, 0.29) is 11.5 Å². The van der Waals surface area contributed by atoms with Gasteiger partial charge >= 0.3 is 6.09 Å². The predicted octanol–water partition coefficient (Wildman–Crippen LogP) is 1.50. The molecule has 5 heteroatoms. The van der Waals surface area contributed by atoms with E-state index in [0.717, 1.165) is 5.57 Å². The molecule has 2 amide bonds. The van der Waals surface area contributed by atoms with Gasteiger partial charge in [0.25, 0.3) is 0 Å². The van der Waals surface area contributed by atoms with E-state index in [4.69, 9.17) is 10.5 Å². The highest BCUT2D eigenvalue weighted by atomic mass is 16.6. The molecule has 0 spiro atoms. The van der Waals surface area contributed by atoms with Crippen LogP contribution in [0.25, 0.3) is 0 Å². The molecule has 5 nitrogen and oxygen atoms in total. The van der Waals surface area contributed by atoms with Crippen molar-refractivity contribution >= 4 is 12.0 Å². The summed E-state index contributed by atoms with van der Waals surface area (Å²) in [6, 6.07) is -0.375. The summed E-state index contributed by atoms with van der Waals surface area (Å²) in [5.74, 6) is -0.914. The van der Waals surface area contributed by atoms with E-state index in [9.17, 15) is 9.59 Å². The number of fused-ring (bicyclic) bond motifs is 1. The minimum atomic E-state index is -0.572. The third-order valence-electron chi connectivity index (χ3n) is 3.45. The lowest BCUT2D eigenvalue weighted by molar-refractivity contribution is -0.121. The number of hydrogen-bond acceptors (Lipinski definition) is 3. The van der Waals surface area contributed by atoms with Crippen molar-refractivity contribution in [3.63, 3.8) is 0 Å². The predicted molar refractivity (Wildman–Crippen MR) is 71.2 cm³/mol. The van der Waals surface area contributed by atoms with Crippen molar-refractivity contribution in [3.8, 4) is 0 Å². The lowest BCUT2D eigenvalue weighted by Crippen LogP contribution is -2.52. The Morgan fingerprint density at radius 2 is 2.05 bits per heavy atom. The Balaban J connectivity index is 2.14. The molecule has 104 valence electrons. The minimum absolute atomic E-state index is 0.369. The first kappa shape index (κ1) is 13.6. The first-order valence-corrected chi connectivity index (χ1v) is 6.33. The molecule has 0 aromatic rings.